The molecular formula is C25H27N3O4. The van der Waals surface area contributed by atoms with Gasteiger partial charge in [-0.05, 0) is 67.4 Å². The number of piperidine rings is 1. The highest BCUT2D eigenvalue weighted by molar-refractivity contribution is 5.95. The number of aromatic nitrogens is 1. The van der Waals surface area contributed by atoms with Crippen LogP contribution >= 0.6 is 0 Å². The second kappa shape index (κ2) is 9.60. The highest BCUT2D eigenvalue weighted by Gasteiger charge is 2.25. The van der Waals surface area contributed by atoms with Gasteiger partial charge in [-0.3, -0.25) is 9.59 Å². The van der Waals surface area contributed by atoms with Crippen LogP contribution in [0.15, 0.2) is 67.0 Å². The number of nitrogens with zero attached hydrogens (tertiary/aromatic N) is 2. The number of hydrogen-bond acceptors (Lipinski definition) is 4. The maximum Gasteiger partial charge on any atom is 0.253 e. The lowest BCUT2D eigenvalue weighted by molar-refractivity contribution is 0.0697. The van der Waals surface area contributed by atoms with E-state index < -0.39 is 0 Å². The molecule has 3 aromatic rings. The zero-order chi connectivity index (χ0) is 22.5. The van der Waals surface area contributed by atoms with E-state index in [9.17, 15) is 9.59 Å². The van der Waals surface area contributed by atoms with Gasteiger partial charge in [0.2, 0.25) is 0 Å². The molecular weight excluding hydrogens is 406 g/mol. The first-order valence-corrected chi connectivity index (χ1v) is 10.6. The molecule has 0 unspecified atom stereocenters. The Morgan fingerprint density at radius 1 is 0.875 bits per heavy atom. The minimum atomic E-state index is -0.0891. The lowest BCUT2D eigenvalue weighted by Crippen LogP contribution is -2.46. The first-order chi connectivity index (χ1) is 15.6. The average molecular weight is 434 g/mol. The van der Waals surface area contributed by atoms with E-state index >= 15 is 0 Å². The molecule has 2 aromatic carbocycles. The van der Waals surface area contributed by atoms with Crippen LogP contribution < -0.4 is 14.8 Å². The van der Waals surface area contributed by atoms with Gasteiger partial charge in [0, 0.05) is 48.3 Å². The molecule has 166 valence electrons. The number of methoxy groups -OCH3 is 2. The second-order valence-electron chi connectivity index (χ2n) is 7.75. The van der Waals surface area contributed by atoms with Gasteiger partial charge in [-0.1, -0.05) is 0 Å². The Labute approximate surface area is 187 Å². The minimum absolute atomic E-state index is 0.0427. The third-order valence-electron chi connectivity index (χ3n) is 5.78. The van der Waals surface area contributed by atoms with Crippen molar-refractivity contribution in [3.05, 3.63) is 78.1 Å². The van der Waals surface area contributed by atoms with Crippen molar-refractivity contribution in [1.29, 1.82) is 0 Å². The van der Waals surface area contributed by atoms with Crippen molar-refractivity contribution in [3.63, 3.8) is 0 Å². The van der Waals surface area contributed by atoms with Gasteiger partial charge in [0.25, 0.3) is 11.8 Å². The number of benzene rings is 2. The number of carbonyl (C=O) groups is 2. The molecule has 1 aromatic heterocycles. The van der Waals surface area contributed by atoms with Crippen LogP contribution in [-0.4, -0.2) is 54.6 Å². The van der Waals surface area contributed by atoms with Gasteiger partial charge in [-0.2, -0.15) is 0 Å². The van der Waals surface area contributed by atoms with Crippen LogP contribution in [0.1, 0.15) is 33.6 Å². The Kier molecular flexibility index (Phi) is 6.44. The Morgan fingerprint density at radius 2 is 1.50 bits per heavy atom. The summed E-state index contributed by atoms with van der Waals surface area (Å²) >= 11 is 0. The molecule has 0 saturated carbocycles. The van der Waals surface area contributed by atoms with Crippen LogP contribution in [0.25, 0.3) is 5.69 Å². The van der Waals surface area contributed by atoms with E-state index in [4.69, 9.17) is 9.47 Å². The number of hydrogen-bond donors (Lipinski definition) is 1. The second-order valence-corrected chi connectivity index (χ2v) is 7.75. The first-order valence-electron chi connectivity index (χ1n) is 10.6. The summed E-state index contributed by atoms with van der Waals surface area (Å²) in [7, 11) is 3.11. The van der Waals surface area contributed by atoms with Crippen LogP contribution in [-0.2, 0) is 0 Å². The molecule has 0 radical (unpaired) electrons. The van der Waals surface area contributed by atoms with Crippen molar-refractivity contribution in [2.24, 2.45) is 0 Å². The summed E-state index contributed by atoms with van der Waals surface area (Å²) in [6.45, 7) is 1.18. The van der Waals surface area contributed by atoms with E-state index in [1.54, 1.807) is 32.4 Å². The molecule has 1 fully saturated rings. The monoisotopic (exact) mass is 433 g/mol. The molecule has 0 bridgehead atoms. The normalized spacial score (nSPS) is 14.1. The number of nitrogens with one attached hydrogen (secondary N) is 1. The maximum absolute atomic E-state index is 12.9. The summed E-state index contributed by atoms with van der Waals surface area (Å²) in [5, 5.41) is 3.10. The number of carbonyl (C=O) groups excluding carboxylic acids is 2. The van der Waals surface area contributed by atoms with E-state index in [0.717, 1.165) is 5.69 Å². The number of ether oxygens (including phenoxy) is 2. The lowest BCUT2D eigenvalue weighted by atomic mass is 10.0. The molecule has 2 heterocycles. The van der Waals surface area contributed by atoms with Crippen molar-refractivity contribution in [3.8, 4) is 17.2 Å². The van der Waals surface area contributed by atoms with Crippen LogP contribution in [0.4, 0.5) is 0 Å². The minimum Gasteiger partial charge on any atom is -0.493 e. The lowest BCUT2D eigenvalue weighted by Gasteiger charge is -2.32. The van der Waals surface area contributed by atoms with Gasteiger partial charge in [-0.25, -0.2) is 0 Å². The topological polar surface area (TPSA) is 72.8 Å². The highest BCUT2D eigenvalue weighted by atomic mass is 16.5. The van der Waals surface area contributed by atoms with Crippen molar-refractivity contribution < 1.29 is 19.1 Å². The van der Waals surface area contributed by atoms with Gasteiger partial charge in [0.1, 0.15) is 0 Å². The third-order valence-corrected chi connectivity index (χ3v) is 5.78. The predicted octanol–water partition coefficient (Wildman–Crippen LogP) is 3.53. The van der Waals surface area contributed by atoms with E-state index in [2.05, 4.69) is 5.32 Å². The molecule has 4 rings (SSSR count). The fourth-order valence-electron chi connectivity index (χ4n) is 3.94. The third kappa shape index (κ3) is 4.61. The van der Waals surface area contributed by atoms with Crippen molar-refractivity contribution in [2.75, 3.05) is 27.3 Å². The van der Waals surface area contributed by atoms with Gasteiger partial charge in [0.15, 0.2) is 11.5 Å². The molecule has 1 saturated heterocycles. The van der Waals surface area contributed by atoms with Crippen molar-refractivity contribution >= 4 is 11.8 Å². The smallest absolute Gasteiger partial charge is 0.253 e. The van der Waals surface area contributed by atoms with Crippen molar-refractivity contribution in [1.82, 2.24) is 14.8 Å². The summed E-state index contributed by atoms with van der Waals surface area (Å²) < 4.78 is 12.5. The predicted molar refractivity (Wildman–Crippen MR) is 122 cm³/mol. The number of rotatable bonds is 6. The Balaban J connectivity index is 1.32. The van der Waals surface area contributed by atoms with Crippen LogP contribution in [0.3, 0.4) is 0 Å². The van der Waals surface area contributed by atoms with Gasteiger partial charge in [0.05, 0.1) is 14.2 Å². The summed E-state index contributed by atoms with van der Waals surface area (Å²) in [5.74, 6) is 0.986. The molecule has 2 amide bonds. The zero-order valence-electron chi connectivity index (χ0n) is 18.3. The Hall–Kier alpha value is -3.74. The largest absolute Gasteiger partial charge is 0.493 e. The zero-order valence-corrected chi connectivity index (χ0v) is 18.3. The van der Waals surface area contributed by atoms with Gasteiger partial charge in [-0.15, -0.1) is 0 Å². The number of likely N-dealkylation sites (tertiary alicyclic amines) is 1. The first kappa shape index (κ1) is 21.5. The molecule has 1 N–H and O–H groups in total. The highest BCUT2D eigenvalue weighted by Crippen LogP contribution is 2.28. The Bertz CT molecular complexity index is 1070. The molecule has 32 heavy (non-hydrogen) atoms. The summed E-state index contributed by atoms with van der Waals surface area (Å²) in [5.41, 5.74) is 2.20. The molecule has 1 aliphatic rings. The molecule has 0 atom stereocenters. The Morgan fingerprint density at radius 3 is 2.12 bits per heavy atom. The van der Waals surface area contributed by atoms with Crippen LogP contribution in [0.5, 0.6) is 11.5 Å². The van der Waals surface area contributed by atoms with Gasteiger partial charge < -0.3 is 24.3 Å². The average Bonchev–Trinajstić information content (AvgIpc) is 3.39. The SMILES string of the molecule is COc1ccc(C(=O)N2CCC(NC(=O)c3ccc(-n4cccc4)cc3)CC2)cc1OC. The fraction of sp³-hybridized carbons (Fsp3) is 0.280. The molecule has 7 nitrogen and oxygen atoms in total. The van der Waals surface area contributed by atoms with E-state index in [1.165, 1.54) is 0 Å². The van der Waals surface area contributed by atoms with Crippen LogP contribution in [0, 0.1) is 0 Å². The molecule has 0 spiro atoms. The van der Waals surface area contributed by atoms with Crippen molar-refractivity contribution in [2.45, 2.75) is 18.9 Å². The summed E-state index contributed by atoms with van der Waals surface area (Å²) in [6.07, 6.45) is 5.36. The fourth-order valence-corrected chi connectivity index (χ4v) is 3.94. The molecule has 7 heteroatoms. The molecule has 1 aliphatic heterocycles. The quantitative estimate of drug-likeness (QED) is 0.646. The van der Waals surface area contributed by atoms with E-state index in [1.807, 2.05) is 58.3 Å². The standard InChI is InChI=1S/C25H27N3O4/c1-31-22-10-7-19(17-23(22)32-2)25(30)28-15-11-20(12-16-28)26-24(29)18-5-8-21(9-6-18)27-13-3-4-14-27/h3-10,13-14,17,20H,11-12,15-16H2,1-2H3,(H,26,29). The van der Waals surface area contributed by atoms with E-state index in [-0.39, 0.29) is 17.9 Å². The van der Waals surface area contributed by atoms with Crippen LogP contribution in [0.2, 0.25) is 0 Å². The van der Waals surface area contributed by atoms with E-state index in [0.29, 0.717) is 48.6 Å². The number of amides is 2. The molecule has 0 aliphatic carbocycles. The maximum atomic E-state index is 12.9. The summed E-state index contributed by atoms with van der Waals surface area (Å²) in [6, 6.07) is 16.7. The van der Waals surface area contributed by atoms with Gasteiger partial charge >= 0.3 is 0 Å². The summed E-state index contributed by atoms with van der Waals surface area (Å²) in [4.78, 5) is 27.4.